The summed E-state index contributed by atoms with van der Waals surface area (Å²) in [4.78, 5) is 33.5. The van der Waals surface area contributed by atoms with Crippen molar-refractivity contribution in [1.82, 2.24) is 0 Å². The Hall–Kier alpha value is -1.03. The average molecular weight is 806 g/mol. The molecule has 0 aliphatic rings. The predicted octanol–water partition coefficient (Wildman–Crippen LogP) is 12.8. The quantitative estimate of drug-likeness (QED) is 0.0308. The predicted molar refractivity (Wildman–Crippen MR) is 226 cm³/mol. The molecule has 0 heterocycles. The molecule has 0 spiro atoms. The summed E-state index contributed by atoms with van der Waals surface area (Å²) in [6, 6.07) is -1.47. The van der Waals surface area contributed by atoms with Gasteiger partial charge in [0.05, 0.1) is 19.8 Å². The SMILES string of the molecule is CCCCCCCCCCCCCCCCCCCCCCCC(=O)OC(COCCCCCCCCCCCCCC)COP(=O)(O)OCC(N)C(=O)O. The Morgan fingerprint density at radius 3 is 1.20 bits per heavy atom. The lowest BCUT2D eigenvalue weighted by molar-refractivity contribution is -0.154. The standard InChI is InChI=1S/C44H88NO9P/c1-3-5-7-9-11-13-15-17-18-19-20-21-22-23-24-25-26-28-30-32-34-36-43(46)54-41(39-52-55(49,50)53-40-42(45)44(47)48)38-51-37-35-33-31-29-27-16-14-12-10-8-6-4-2/h41-42H,3-40,45H2,1-2H3,(H,47,48)(H,49,50). The van der Waals surface area contributed by atoms with E-state index in [4.69, 9.17) is 29.4 Å². The zero-order chi connectivity index (χ0) is 40.5. The summed E-state index contributed by atoms with van der Waals surface area (Å²) in [5.74, 6) is -1.76. The first kappa shape index (κ1) is 54.0. The van der Waals surface area contributed by atoms with Crippen molar-refractivity contribution in [2.45, 2.75) is 244 Å². The van der Waals surface area contributed by atoms with Crippen molar-refractivity contribution in [2.75, 3.05) is 26.4 Å². The van der Waals surface area contributed by atoms with Crippen LogP contribution in [-0.4, -0.2) is 60.5 Å². The maximum atomic E-state index is 12.6. The van der Waals surface area contributed by atoms with Gasteiger partial charge in [-0.05, 0) is 12.8 Å². The lowest BCUT2D eigenvalue weighted by atomic mass is 10.0. The summed E-state index contributed by atoms with van der Waals surface area (Å²) in [6.07, 6.45) is 41.6. The van der Waals surface area contributed by atoms with Gasteiger partial charge in [0.25, 0.3) is 0 Å². The van der Waals surface area contributed by atoms with Crippen LogP contribution in [0.5, 0.6) is 0 Å². The molecule has 3 unspecified atom stereocenters. The smallest absolute Gasteiger partial charge is 0.472 e. The highest BCUT2D eigenvalue weighted by atomic mass is 31.2. The van der Waals surface area contributed by atoms with E-state index in [-0.39, 0.29) is 13.0 Å². The van der Waals surface area contributed by atoms with E-state index in [1.165, 1.54) is 173 Å². The molecule has 0 aliphatic heterocycles. The molecular formula is C44H88NO9P. The number of hydrogen-bond donors (Lipinski definition) is 3. The van der Waals surface area contributed by atoms with Gasteiger partial charge in [-0.25, -0.2) is 4.57 Å². The van der Waals surface area contributed by atoms with Crippen molar-refractivity contribution >= 4 is 19.8 Å². The van der Waals surface area contributed by atoms with E-state index < -0.39 is 45.1 Å². The van der Waals surface area contributed by atoms with Crippen LogP contribution in [0.3, 0.4) is 0 Å². The van der Waals surface area contributed by atoms with Crippen molar-refractivity contribution < 1.29 is 42.7 Å². The molecule has 0 saturated heterocycles. The summed E-state index contributed by atoms with van der Waals surface area (Å²) >= 11 is 0. The number of rotatable bonds is 45. The molecule has 0 amide bonds. The highest BCUT2D eigenvalue weighted by Crippen LogP contribution is 2.43. The first-order valence-corrected chi connectivity index (χ1v) is 24.6. The zero-order valence-electron chi connectivity index (χ0n) is 35.8. The van der Waals surface area contributed by atoms with E-state index in [1.54, 1.807) is 0 Å². The molecule has 0 aromatic rings. The minimum atomic E-state index is -4.61. The zero-order valence-corrected chi connectivity index (χ0v) is 36.7. The molecule has 0 aromatic heterocycles. The van der Waals surface area contributed by atoms with Gasteiger partial charge < -0.3 is 25.2 Å². The highest BCUT2D eigenvalue weighted by Gasteiger charge is 2.27. The van der Waals surface area contributed by atoms with Crippen LogP contribution in [0.4, 0.5) is 0 Å². The molecule has 0 fully saturated rings. The van der Waals surface area contributed by atoms with Crippen LogP contribution in [0.25, 0.3) is 0 Å². The molecule has 11 heteroatoms. The van der Waals surface area contributed by atoms with E-state index in [0.29, 0.717) is 6.61 Å². The van der Waals surface area contributed by atoms with Crippen LogP contribution in [0, 0.1) is 0 Å². The van der Waals surface area contributed by atoms with Gasteiger partial charge in [-0.15, -0.1) is 0 Å². The summed E-state index contributed by atoms with van der Waals surface area (Å²) in [6.45, 7) is 3.93. The lowest BCUT2D eigenvalue weighted by Crippen LogP contribution is -2.34. The van der Waals surface area contributed by atoms with E-state index in [9.17, 15) is 19.0 Å². The Labute approximate surface area is 338 Å². The number of carboxylic acid groups (broad SMARTS) is 1. The molecule has 0 rings (SSSR count). The molecule has 0 saturated carbocycles. The van der Waals surface area contributed by atoms with Crippen molar-refractivity contribution in [1.29, 1.82) is 0 Å². The minimum absolute atomic E-state index is 0.0255. The van der Waals surface area contributed by atoms with Crippen molar-refractivity contribution in [3.8, 4) is 0 Å². The second kappa shape index (κ2) is 41.1. The minimum Gasteiger partial charge on any atom is -0.480 e. The summed E-state index contributed by atoms with van der Waals surface area (Å²) in [7, 11) is -4.61. The number of nitrogens with two attached hydrogens (primary N) is 1. The van der Waals surface area contributed by atoms with Crippen molar-refractivity contribution in [2.24, 2.45) is 5.73 Å². The number of carboxylic acids is 1. The fourth-order valence-corrected chi connectivity index (χ4v) is 7.56. The second-order valence-corrected chi connectivity index (χ2v) is 17.4. The van der Waals surface area contributed by atoms with Crippen LogP contribution in [0.1, 0.15) is 232 Å². The molecule has 55 heavy (non-hydrogen) atoms. The number of phosphoric ester groups is 1. The number of ether oxygens (including phenoxy) is 2. The van der Waals surface area contributed by atoms with Crippen LogP contribution >= 0.6 is 7.82 Å². The first-order chi connectivity index (χ1) is 26.7. The third kappa shape index (κ3) is 40.9. The first-order valence-electron chi connectivity index (χ1n) is 23.1. The van der Waals surface area contributed by atoms with Gasteiger partial charge in [-0.1, -0.05) is 213 Å². The van der Waals surface area contributed by atoms with E-state index in [0.717, 1.165) is 38.5 Å². The maximum Gasteiger partial charge on any atom is 0.472 e. The van der Waals surface area contributed by atoms with E-state index in [1.807, 2.05) is 0 Å². The number of aliphatic carboxylic acids is 1. The highest BCUT2D eigenvalue weighted by molar-refractivity contribution is 7.47. The Morgan fingerprint density at radius 1 is 0.509 bits per heavy atom. The van der Waals surface area contributed by atoms with Gasteiger partial charge in [0.2, 0.25) is 0 Å². The molecule has 0 bridgehead atoms. The van der Waals surface area contributed by atoms with E-state index in [2.05, 4.69) is 13.8 Å². The van der Waals surface area contributed by atoms with Crippen LogP contribution in [0.2, 0.25) is 0 Å². The van der Waals surface area contributed by atoms with Gasteiger partial charge >= 0.3 is 19.8 Å². The normalized spacial score (nSPS) is 13.8. The fourth-order valence-electron chi connectivity index (χ4n) is 6.78. The number of carbonyl (C=O) groups is 2. The Bertz CT molecular complexity index is 893. The van der Waals surface area contributed by atoms with E-state index >= 15 is 0 Å². The molecular weight excluding hydrogens is 717 g/mol. The lowest BCUT2D eigenvalue weighted by Gasteiger charge is -2.20. The third-order valence-electron chi connectivity index (χ3n) is 10.4. The van der Waals surface area contributed by atoms with Gasteiger partial charge in [-0.2, -0.15) is 0 Å². The average Bonchev–Trinajstić information content (AvgIpc) is 3.16. The number of phosphoric acid groups is 1. The summed E-state index contributed by atoms with van der Waals surface area (Å²) in [5.41, 5.74) is 5.36. The van der Waals surface area contributed by atoms with Crippen LogP contribution in [-0.2, 0) is 32.7 Å². The molecule has 10 nitrogen and oxygen atoms in total. The van der Waals surface area contributed by atoms with Crippen molar-refractivity contribution in [3.05, 3.63) is 0 Å². The van der Waals surface area contributed by atoms with Gasteiger partial charge in [-0.3, -0.25) is 18.6 Å². The fraction of sp³-hybridized carbons (Fsp3) is 0.955. The molecule has 3 atom stereocenters. The molecule has 0 radical (unpaired) electrons. The number of hydrogen-bond acceptors (Lipinski definition) is 8. The largest absolute Gasteiger partial charge is 0.480 e. The van der Waals surface area contributed by atoms with Gasteiger partial charge in [0, 0.05) is 13.0 Å². The van der Waals surface area contributed by atoms with Gasteiger partial charge in [0.1, 0.15) is 12.1 Å². The van der Waals surface area contributed by atoms with Gasteiger partial charge in [0.15, 0.2) is 0 Å². The number of esters is 1. The summed E-state index contributed by atoms with van der Waals surface area (Å²) in [5, 5.41) is 8.89. The van der Waals surface area contributed by atoms with Crippen LogP contribution < -0.4 is 5.73 Å². The molecule has 0 aliphatic carbocycles. The molecule has 328 valence electrons. The monoisotopic (exact) mass is 806 g/mol. The topological polar surface area (TPSA) is 155 Å². The van der Waals surface area contributed by atoms with Crippen LogP contribution in [0.15, 0.2) is 0 Å². The maximum absolute atomic E-state index is 12.6. The Balaban J connectivity index is 4.09. The summed E-state index contributed by atoms with van der Waals surface area (Å²) < 4.78 is 33.4. The van der Waals surface area contributed by atoms with Crippen molar-refractivity contribution in [3.63, 3.8) is 0 Å². The Morgan fingerprint density at radius 2 is 0.836 bits per heavy atom. The molecule has 4 N–H and O–H groups in total. The molecule has 0 aromatic carbocycles. The number of carbonyl (C=O) groups excluding carboxylic acids is 1. The number of unbranched alkanes of at least 4 members (excludes halogenated alkanes) is 31. The Kier molecular flexibility index (Phi) is 40.4. The second-order valence-electron chi connectivity index (χ2n) is 15.9. The third-order valence-corrected chi connectivity index (χ3v) is 11.3.